The number of thioether (sulfide) groups is 1. The fraction of sp³-hybridized carbons (Fsp3) is 0.278. The van der Waals surface area contributed by atoms with E-state index in [2.05, 4.69) is 27.8 Å². The van der Waals surface area contributed by atoms with Crippen molar-refractivity contribution in [2.45, 2.75) is 16.2 Å². The SMILES string of the molecule is CN=C(NCCSc1ccccc1)NCCc1ccc(S(N)(=O)=O)cc1. The van der Waals surface area contributed by atoms with Gasteiger partial charge in [-0.05, 0) is 36.2 Å². The predicted molar refractivity (Wildman–Crippen MR) is 108 cm³/mol. The highest BCUT2D eigenvalue weighted by molar-refractivity contribution is 7.99. The number of primary sulfonamides is 1. The average Bonchev–Trinajstić information content (AvgIpc) is 2.64. The van der Waals surface area contributed by atoms with Gasteiger partial charge in [-0.25, -0.2) is 13.6 Å². The molecule has 0 aliphatic carbocycles. The van der Waals surface area contributed by atoms with Gasteiger partial charge in [0.25, 0.3) is 0 Å². The zero-order chi connectivity index (χ0) is 18.8. The third-order valence-electron chi connectivity index (χ3n) is 3.59. The molecule has 0 spiro atoms. The summed E-state index contributed by atoms with van der Waals surface area (Å²) in [7, 11) is -1.90. The lowest BCUT2D eigenvalue weighted by Gasteiger charge is -2.12. The number of guanidine groups is 1. The highest BCUT2D eigenvalue weighted by Gasteiger charge is 2.06. The maximum Gasteiger partial charge on any atom is 0.238 e. The van der Waals surface area contributed by atoms with E-state index in [0.717, 1.165) is 30.2 Å². The second kappa shape index (κ2) is 10.2. The van der Waals surface area contributed by atoms with Gasteiger partial charge in [0.05, 0.1) is 4.90 Å². The summed E-state index contributed by atoms with van der Waals surface area (Å²) >= 11 is 1.79. The number of aliphatic imine (C=N–C) groups is 1. The molecule has 0 bridgehead atoms. The smallest absolute Gasteiger partial charge is 0.238 e. The highest BCUT2D eigenvalue weighted by atomic mass is 32.2. The van der Waals surface area contributed by atoms with Crippen LogP contribution in [0.3, 0.4) is 0 Å². The molecule has 26 heavy (non-hydrogen) atoms. The number of benzene rings is 2. The van der Waals surface area contributed by atoms with Crippen molar-refractivity contribution >= 4 is 27.7 Å². The Hall–Kier alpha value is -2.03. The first kappa shape index (κ1) is 20.3. The van der Waals surface area contributed by atoms with Crippen LogP contribution in [-0.2, 0) is 16.4 Å². The zero-order valence-corrected chi connectivity index (χ0v) is 16.3. The van der Waals surface area contributed by atoms with Crippen molar-refractivity contribution in [1.82, 2.24) is 10.6 Å². The number of nitrogens with two attached hydrogens (primary N) is 1. The minimum atomic E-state index is -3.64. The molecule has 0 atom stereocenters. The molecule has 0 fully saturated rings. The van der Waals surface area contributed by atoms with Gasteiger partial charge in [0, 0.05) is 30.8 Å². The molecule has 0 aliphatic rings. The molecule has 2 aromatic rings. The van der Waals surface area contributed by atoms with Crippen molar-refractivity contribution in [3.8, 4) is 0 Å². The molecule has 0 unspecified atom stereocenters. The maximum atomic E-state index is 11.2. The van der Waals surface area contributed by atoms with Crippen LogP contribution in [0.4, 0.5) is 0 Å². The van der Waals surface area contributed by atoms with Crippen LogP contribution < -0.4 is 15.8 Å². The highest BCUT2D eigenvalue weighted by Crippen LogP contribution is 2.15. The molecule has 2 aromatic carbocycles. The molecule has 0 heterocycles. The molecule has 140 valence electrons. The lowest BCUT2D eigenvalue weighted by atomic mass is 10.1. The van der Waals surface area contributed by atoms with Gasteiger partial charge in [-0.15, -0.1) is 11.8 Å². The lowest BCUT2D eigenvalue weighted by molar-refractivity contribution is 0.598. The van der Waals surface area contributed by atoms with Crippen LogP contribution in [-0.4, -0.2) is 40.3 Å². The van der Waals surface area contributed by atoms with E-state index < -0.39 is 10.0 Å². The van der Waals surface area contributed by atoms with E-state index in [1.54, 1.807) is 30.9 Å². The molecule has 6 nitrogen and oxygen atoms in total. The van der Waals surface area contributed by atoms with Gasteiger partial charge in [0.15, 0.2) is 5.96 Å². The summed E-state index contributed by atoms with van der Waals surface area (Å²) < 4.78 is 22.5. The quantitative estimate of drug-likeness (QED) is 0.276. The Labute approximate surface area is 159 Å². The van der Waals surface area contributed by atoms with Crippen molar-refractivity contribution in [2.24, 2.45) is 10.1 Å². The lowest BCUT2D eigenvalue weighted by Crippen LogP contribution is -2.39. The Morgan fingerprint density at radius 3 is 2.31 bits per heavy atom. The molecule has 4 N–H and O–H groups in total. The first-order valence-corrected chi connectivity index (χ1v) is 10.8. The summed E-state index contributed by atoms with van der Waals surface area (Å²) in [6, 6.07) is 16.9. The van der Waals surface area contributed by atoms with Crippen molar-refractivity contribution in [2.75, 3.05) is 25.9 Å². The molecule has 0 radical (unpaired) electrons. The van der Waals surface area contributed by atoms with Crippen LogP contribution in [0.1, 0.15) is 5.56 Å². The fourth-order valence-electron chi connectivity index (χ4n) is 2.25. The Balaban J connectivity index is 1.68. The van der Waals surface area contributed by atoms with Gasteiger partial charge in [-0.2, -0.15) is 0 Å². The Kier molecular flexibility index (Phi) is 7.96. The molecule has 0 aliphatic heterocycles. The normalized spacial score (nSPS) is 12.0. The summed E-state index contributed by atoms with van der Waals surface area (Å²) in [6.07, 6.45) is 0.754. The average molecular weight is 393 g/mol. The van der Waals surface area contributed by atoms with Crippen molar-refractivity contribution in [1.29, 1.82) is 0 Å². The van der Waals surface area contributed by atoms with Crippen molar-refractivity contribution in [3.05, 3.63) is 60.2 Å². The number of nitrogens with one attached hydrogen (secondary N) is 2. The predicted octanol–water partition coefficient (Wildman–Crippen LogP) is 1.83. The van der Waals surface area contributed by atoms with Gasteiger partial charge in [-0.3, -0.25) is 4.99 Å². The number of rotatable bonds is 8. The fourth-order valence-corrected chi connectivity index (χ4v) is 3.55. The molecule has 0 saturated carbocycles. The van der Waals surface area contributed by atoms with Crippen molar-refractivity contribution in [3.63, 3.8) is 0 Å². The van der Waals surface area contributed by atoms with Gasteiger partial charge >= 0.3 is 0 Å². The van der Waals surface area contributed by atoms with Crippen LogP contribution in [0.25, 0.3) is 0 Å². The molecular formula is C18H24N4O2S2. The molecule has 2 rings (SSSR count). The Bertz CT molecular complexity index is 807. The summed E-state index contributed by atoms with van der Waals surface area (Å²) in [4.78, 5) is 5.58. The van der Waals surface area contributed by atoms with E-state index in [0.29, 0.717) is 6.54 Å². The van der Waals surface area contributed by atoms with Gasteiger partial charge < -0.3 is 10.6 Å². The van der Waals surface area contributed by atoms with E-state index in [1.807, 2.05) is 18.2 Å². The first-order valence-electron chi connectivity index (χ1n) is 8.23. The molecular weight excluding hydrogens is 368 g/mol. The summed E-state index contributed by atoms with van der Waals surface area (Å²) in [5.74, 6) is 1.69. The van der Waals surface area contributed by atoms with E-state index >= 15 is 0 Å². The number of hydrogen-bond donors (Lipinski definition) is 3. The maximum absolute atomic E-state index is 11.2. The third kappa shape index (κ3) is 7.07. The minimum absolute atomic E-state index is 0.127. The molecule has 0 saturated heterocycles. The van der Waals surface area contributed by atoms with Crippen LogP contribution in [0.2, 0.25) is 0 Å². The van der Waals surface area contributed by atoms with E-state index in [1.165, 1.54) is 17.0 Å². The topological polar surface area (TPSA) is 96.6 Å². The minimum Gasteiger partial charge on any atom is -0.356 e. The van der Waals surface area contributed by atoms with E-state index in [9.17, 15) is 8.42 Å². The van der Waals surface area contributed by atoms with Crippen LogP contribution >= 0.6 is 11.8 Å². The van der Waals surface area contributed by atoms with Crippen LogP contribution in [0.5, 0.6) is 0 Å². The number of nitrogens with zero attached hydrogens (tertiary/aromatic N) is 1. The number of sulfonamides is 1. The zero-order valence-electron chi connectivity index (χ0n) is 14.7. The third-order valence-corrected chi connectivity index (χ3v) is 5.53. The Morgan fingerprint density at radius 2 is 1.69 bits per heavy atom. The van der Waals surface area contributed by atoms with E-state index in [-0.39, 0.29) is 4.90 Å². The van der Waals surface area contributed by atoms with Crippen molar-refractivity contribution < 1.29 is 8.42 Å². The summed E-state index contributed by atoms with van der Waals surface area (Å²) in [6.45, 7) is 1.50. The van der Waals surface area contributed by atoms with Crippen LogP contribution in [0, 0.1) is 0 Å². The second-order valence-corrected chi connectivity index (χ2v) is 8.26. The largest absolute Gasteiger partial charge is 0.356 e. The molecule has 8 heteroatoms. The van der Waals surface area contributed by atoms with Gasteiger partial charge in [0.2, 0.25) is 10.0 Å². The van der Waals surface area contributed by atoms with Gasteiger partial charge in [-0.1, -0.05) is 30.3 Å². The molecule has 0 aromatic heterocycles. The Morgan fingerprint density at radius 1 is 1.04 bits per heavy atom. The first-order chi connectivity index (χ1) is 12.5. The summed E-state index contributed by atoms with van der Waals surface area (Å²) in [5.41, 5.74) is 1.03. The monoisotopic (exact) mass is 392 g/mol. The standard InChI is InChI=1S/C18H24N4O2S2/c1-20-18(22-13-14-25-16-5-3-2-4-6-16)21-12-11-15-7-9-17(10-8-15)26(19,23)24/h2-10H,11-14H2,1H3,(H2,19,23,24)(H2,20,21,22). The summed E-state index contributed by atoms with van der Waals surface area (Å²) in [5, 5.41) is 11.6. The number of hydrogen-bond acceptors (Lipinski definition) is 4. The van der Waals surface area contributed by atoms with Crippen LogP contribution in [0.15, 0.2) is 69.4 Å². The van der Waals surface area contributed by atoms with Gasteiger partial charge in [0.1, 0.15) is 0 Å². The second-order valence-electron chi connectivity index (χ2n) is 5.53. The van der Waals surface area contributed by atoms with E-state index in [4.69, 9.17) is 5.14 Å². The molecule has 0 amide bonds.